The molecule has 0 radical (unpaired) electrons. The molecule has 0 bridgehead atoms. The molecule has 0 fully saturated rings. The van der Waals surface area contributed by atoms with E-state index in [4.69, 9.17) is 0 Å². The quantitative estimate of drug-likeness (QED) is 0.710. The number of fused-ring (bicyclic) bond motifs is 1. The average Bonchev–Trinajstić information content (AvgIpc) is 2.67. The van der Waals surface area contributed by atoms with E-state index >= 15 is 0 Å². The van der Waals surface area contributed by atoms with Crippen LogP contribution in [0.4, 0.5) is 0 Å². The van der Waals surface area contributed by atoms with Crippen LogP contribution in [0.1, 0.15) is 31.5 Å². The van der Waals surface area contributed by atoms with Crippen molar-refractivity contribution in [2.24, 2.45) is 0 Å². The fourth-order valence-electron chi connectivity index (χ4n) is 2.07. The van der Waals surface area contributed by atoms with E-state index in [0.717, 1.165) is 31.6 Å². The van der Waals surface area contributed by atoms with Gasteiger partial charge in [0.25, 0.3) is 0 Å². The van der Waals surface area contributed by atoms with Gasteiger partial charge in [0.2, 0.25) is 0 Å². The molecule has 0 atom stereocenters. The molecule has 1 aromatic rings. The van der Waals surface area contributed by atoms with Crippen molar-refractivity contribution in [3.63, 3.8) is 0 Å². The second-order valence-corrected chi connectivity index (χ2v) is 4.21. The maximum atomic E-state index is 11.9. The summed E-state index contributed by atoms with van der Waals surface area (Å²) in [6, 6.07) is 0. The van der Waals surface area contributed by atoms with Crippen molar-refractivity contribution >= 4 is 5.97 Å². The van der Waals surface area contributed by atoms with Crippen LogP contribution in [0.25, 0.3) is 0 Å². The Bertz CT molecular complexity index is 461. The van der Waals surface area contributed by atoms with Crippen molar-refractivity contribution in [2.75, 3.05) is 7.11 Å². The highest BCUT2D eigenvalue weighted by Gasteiger charge is 2.16. The van der Waals surface area contributed by atoms with Crippen LogP contribution in [0.2, 0.25) is 0 Å². The summed E-state index contributed by atoms with van der Waals surface area (Å²) in [5.41, 5.74) is -0.0513. The lowest BCUT2D eigenvalue weighted by molar-refractivity contribution is -0.140. The average molecular weight is 239 g/mol. The van der Waals surface area contributed by atoms with Gasteiger partial charge in [0.05, 0.1) is 7.11 Å². The summed E-state index contributed by atoms with van der Waals surface area (Å²) in [6.07, 6.45) is 3.92. The summed E-state index contributed by atoms with van der Waals surface area (Å²) < 4.78 is 7.75. The third kappa shape index (κ3) is 2.57. The van der Waals surface area contributed by atoms with E-state index in [1.54, 1.807) is 4.57 Å². The lowest BCUT2D eigenvalue weighted by atomic mass is 10.2. The number of esters is 1. The highest BCUT2D eigenvalue weighted by molar-refractivity contribution is 5.68. The van der Waals surface area contributed by atoms with Crippen LogP contribution in [0.5, 0.6) is 0 Å². The number of nitrogens with zero attached hydrogens (tertiary/aromatic N) is 3. The van der Waals surface area contributed by atoms with E-state index in [2.05, 4.69) is 9.84 Å². The Labute approximate surface area is 99.2 Å². The molecule has 0 aromatic carbocycles. The summed E-state index contributed by atoms with van der Waals surface area (Å²) in [7, 11) is 1.36. The molecular weight excluding hydrogens is 222 g/mol. The van der Waals surface area contributed by atoms with Gasteiger partial charge in [-0.1, -0.05) is 0 Å². The van der Waals surface area contributed by atoms with Gasteiger partial charge in [0, 0.05) is 25.9 Å². The second kappa shape index (κ2) is 5.16. The van der Waals surface area contributed by atoms with E-state index in [-0.39, 0.29) is 11.7 Å². The van der Waals surface area contributed by atoms with E-state index < -0.39 is 0 Å². The van der Waals surface area contributed by atoms with Crippen LogP contribution < -0.4 is 5.69 Å². The number of aryl methyl sites for hydroxylation is 2. The Morgan fingerprint density at radius 2 is 2.29 bits per heavy atom. The zero-order chi connectivity index (χ0) is 12.3. The van der Waals surface area contributed by atoms with Crippen LogP contribution in [0, 0.1) is 0 Å². The first kappa shape index (κ1) is 11.9. The highest BCUT2D eigenvalue weighted by Crippen LogP contribution is 2.09. The lowest BCUT2D eigenvalue weighted by Crippen LogP contribution is -2.27. The topological polar surface area (TPSA) is 66.1 Å². The maximum Gasteiger partial charge on any atom is 0.345 e. The molecule has 1 aliphatic heterocycles. The molecule has 0 saturated heterocycles. The van der Waals surface area contributed by atoms with Crippen LogP contribution in [0.15, 0.2) is 4.79 Å². The number of aromatic nitrogens is 3. The van der Waals surface area contributed by atoms with Gasteiger partial charge in [0.1, 0.15) is 5.82 Å². The van der Waals surface area contributed by atoms with Crippen molar-refractivity contribution in [3.05, 3.63) is 16.3 Å². The van der Waals surface area contributed by atoms with Crippen LogP contribution >= 0.6 is 0 Å². The summed E-state index contributed by atoms with van der Waals surface area (Å²) in [4.78, 5) is 22.9. The fraction of sp³-hybridized carbons (Fsp3) is 0.727. The van der Waals surface area contributed by atoms with Crippen molar-refractivity contribution in [3.8, 4) is 0 Å². The van der Waals surface area contributed by atoms with Crippen molar-refractivity contribution in [1.82, 2.24) is 14.3 Å². The number of hydrogen-bond acceptors (Lipinski definition) is 4. The van der Waals surface area contributed by atoms with Crippen molar-refractivity contribution in [2.45, 2.75) is 45.2 Å². The van der Waals surface area contributed by atoms with Gasteiger partial charge in [-0.15, -0.1) is 0 Å². The monoisotopic (exact) mass is 239 g/mol. The third-order valence-electron chi connectivity index (χ3n) is 3.01. The number of methoxy groups -OCH3 is 1. The molecule has 1 aliphatic rings. The van der Waals surface area contributed by atoms with Crippen molar-refractivity contribution in [1.29, 1.82) is 0 Å². The van der Waals surface area contributed by atoms with Crippen molar-refractivity contribution < 1.29 is 9.53 Å². The largest absolute Gasteiger partial charge is 0.469 e. The lowest BCUT2D eigenvalue weighted by Gasteiger charge is -2.09. The van der Waals surface area contributed by atoms with E-state index in [1.165, 1.54) is 11.8 Å². The zero-order valence-electron chi connectivity index (χ0n) is 10.0. The molecule has 17 heavy (non-hydrogen) atoms. The van der Waals surface area contributed by atoms with Crippen LogP contribution in [-0.4, -0.2) is 27.4 Å². The first-order valence-electron chi connectivity index (χ1n) is 5.95. The fourth-order valence-corrected chi connectivity index (χ4v) is 2.07. The standard InChI is InChI=1S/C11H17N3O3/c1-17-10(15)6-4-8-14-11(16)13-7-3-2-5-9(13)12-14/h2-8H2,1H3. The van der Waals surface area contributed by atoms with Gasteiger partial charge in [0.15, 0.2) is 0 Å². The number of rotatable bonds is 4. The van der Waals surface area contributed by atoms with Crippen LogP contribution in [0.3, 0.4) is 0 Å². The van der Waals surface area contributed by atoms with Gasteiger partial charge in [-0.2, -0.15) is 5.10 Å². The molecule has 0 N–H and O–H groups in total. The molecule has 2 heterocycles. The van der Waals surface area contributed by atoms with E-state index in [1.807, 2.05) is 0 Å². The molecule has 0 saturated carbocycles. The molecule has 0 unspecified atom stereocenters. The first-order valence-corrected chi connectivity index (χ1v) is 5.95. The van der Waals surface area contributed by atoms with Gasteiger partial charge >= 0.3 is 11.7 Å². The number of carbonyl (C=O) groups excluding carboxylic acids is 1. The predicted octanol–water partition coefficient (Wildman–Crippen LogP) is 0.334. The number of carbonyl (C=O) groups is 1. The van der Waals surface area contributed by atoms with Gasteiger partial charge in [-0.25, -0.2) is 9.48 Å². The maximum absolute atomic E-state index is 11.9. The molecule has 0 aliphatic carbocycles. The summed E-state index contributed by atoms with van der Waals surface area (Å²) in [5, 5.41) is 4.29. The predicted molar refractivity (Wildman–Crippen MR) is 60.7 cm³/mol. The summed E-state index contributed by atoms with van der Waals surface area (Å²) >= 11 is 0. The smallest absolute Gasteiger partial charge is 0.345 e. The normalized spacial score (nSPS) is 14.4. The molecule has 0 spiro atoms. The summed E-state index contributed by atoms with van der Waals surface area (Å²) in [6.45, 7) is 1.25. The number of ether oxygens (including phenoxy) is 1. The number of hydrogen-bond donors (Lipinski definition) is 0. The molecule has 1 aromatic heterocycles. The minimum Gasteiger partial charge on any atom is -0.469 e. The Morgan fingerprint density at radius 1 is 1.47 bits per heavy atom. The Morgan fingerprint density at radius 3 is 3.00 bits per heavy atom. The molecular formula is C11H17N3O3. The Kier molecular flexibility index (Phi) is 3.61. The SMILES string of the molecule is COC(=O)CCCn1nc2n(c1=O)CCCC2. The molecule has 6 heteroatoms. The van der Waals surface area contributed by atoms with Gasteiger partial charge < -0.3 is 4.74 Å². The van der Waals surface area contributed by atoms with Gasteiger partial charge in [-0.3, -0.25) is 9.36 Å². The molecule has 0 amide bonds. The van der Waals surface area contributed by atoms with E-state index in [9.17, 15) is 9.59 Å². The molecule has 94 valence electrons. The third-order valence-corrected chi connectivity index (χ3v) is 3.01. The van der Waals surface area contributed by atoms with E-state index in [0.29, 0.717) is 19.4 Å². The molecule has 6 nitrogen and oxygen atoms in total. The zero-order valence-corrected chi connectivity index (χ0v) is 10.0. The van der Waals surface area contributed by atoms with Crippen LogP contribution in [-0.2, 0) is 29.0 Å². The summed E-state index contributed by atoms with van der Waals surface area (Å²) in [5.74, 6) is 0.626. The first-order chi connectivity index (χ1) is 8.22. The van der Waals surface area contributed by atoms with Gasteiger partial charge in [-0.05, 0) is 19.3 Å². The highest BCUT2D eigenvalue weighted by atomic mass is 16.5. The minimum atomic E-state index is -0.248. The second-order valence-electron chi connectivity index (χ2n) is 4.21. The molecule has 2 rings (SSSR count). The minimum absolute atomic E-state index is 0.0513. The Balaban J connectivity index is 1.99. The Hall–Kier alpha value is -1.59.